The van der Waals surface area contributed by atoms with E-state index in [-0.39, 0.29) is 35.1 Å². The Hall–Kier alpha value is -6.36. The van der Waals surface area contributed by atoms with Gasteiger partial charge in [0, 0.05) is 35.0 Å². The lowest BCUT2D eigenvalue weighted by molar-refractivity contribution is -0.125. The van der Waals surface area contributed by atoms with E-state index in [4.69, 9.17) is 0 Å². The first-order valence-corrected chi connectivity index (χ1v) is 20.9. The molecule has 58 heavy (non-hydrogen) atoms. The van der Waals surface area contributed by atoms with Crippen LogP contribution in [0.25, 0.3) is 21.5 Å². The highest BCUT2D eigenvalue weighted by atomic mass is 32.1. The molecule has 0 saturated carbocycles. The first-order chi connectivity index (χ1) is 28.1. The SMILES string of the molecule is C[C@@]1(C(=O)Nc2nccs2)Cc2ccc(O)cc2[C@@H]1c1ccc2ccccc2c1.C[C@]1(C(=O)Nc2nccs2)Cc2ccc(O)cc2[C@@H]1c1ccc2ccccc2c1. The molecule has 2 amide bonds. The highest BCUT2D eigenvalue weighted by Gasteiger charge is 2.50. The van der Waals surface area contributed by atoms with Crippen molar-refractivity contribution in [2.24, 2.45) is 10.8 Å². The molecule has 0 fully saturated rings. The molecule has 2 aromatic heterocycles. The van der Waals surface area contributed by atoms with Gasteiger partial charge in [-0.1, -0.05) is 97.1 Å². The summed E-state index contributed by atoms with van der Waals surface area (Å²) in [6.45, 7) is 4.01. The van der Waals surface area contributed by atoms with Crippen LogP contribution in [0.2, 0.25) is 0 Å². The summed E-state index contributed by atoms with van der Waals surface area (Å²) in [5.41, 5.74) is 4.98. The van der Waals surface area contributed by atoms with E-state index in [0.29, 0.717) is 23.1 Å². The van der Waals surface area contributed by atoms with Gasteiger partial charge in [0.2, 0.25) is 11.8 Å². The molecule has 2 heterocycles. The lowest BCUT2D eigenvalue weighted by Crippen LogP contribution is -2.37. The summed E-state index contributed by atoms with van der Waals surface area (Å²) in [7, 11) is 0. The first-order valence-electron chi connectivity index (χ1n) is 19.1. The summed E-state index contributed by atoms with van der Waals surface area (Å²) in [5.74, 6) is 0.0178. The van der Waals surface area contributed by atoms with Crippen molar-refractivity contribution in [1.82, 2.24) is 9.97 Å². The van der Waals surface area contributed by atoms with Crippen LogP contribution < -0.4 is 10.6 Å². The maximum atomic E-state index is 13.4. The molecular formula is C48H40N4O4S2. The molecule has 0 bridgehead atoms. The second-order valence-corrected chi connectivity index (χ2v) is 17.4. The average molecular weight is 801 g/mol. The molecule has 0 unspecified atom stereocenters. The minimum absolute atomic E-state index is 0.0544. The topological polar surface area (TPSA) is 124 Å². The van der Waals surface area contributed by atoms with Crippen LogP contribution in [0.1, 0.15) is 59.1 Å². The van der Waals surface area contributed by atoms with Gasteiger partial charge in [-0.25, -0.2) is 9.97 Å². The molecule has 6 aromatic carbocycles. The second kappa shape index (κ2) is 14.9. The summed E-state index contributed by atoms with van der Waals surface area (Å²) < 4.78 is 0. The number of aromatic nitrogens is 2. The molecule has 10 rings (SSSR count). The van der Waals surface area contributed by atoms with E-state index in [1.165, 1.54) is 33.4 Å². The minimum Gasteiger partial charge on any atom is -0.508 e. The van der Waals surface area contributed by atoms with Gasteiger partial charge < -0.3 is 20.8 Å². The van der Waals surface area contributed by atoms with Crippen molar-refractivity contribution in [3.8, 4) is 11.5 Å². The molecule has 0 spiro atoms. The van der Waals surface area contributed by atoms with Crippen LogP contribution in [-0.2, 0) is 22.4 Å². The number of nitrogens with zero attached hydrogens (tertiary/aromatic N) is 2. The van der Waals surface area contributed by atoms with E-state index in [2.05, 4.69) is 81.3 Å². The summed E-state index contributed by atoms with van der Waals surface area (Å²) in [5, 5.41) is 35.8. The normalized spacial score (nSPS) is 20.5. The van der Waals surface area contributed by atoms with Crippen molar-refractivity contribution in [2.75, 3.05) is 10.6 Å². The lowest BCUT2D eigenvalue weighted by Gasteiger charge is -2.31. The second-order valence-electron chi connectivity index (χ2n) is 15.6. The van der Waals surface area contributed by atoms with Crippen LogP contribution in [0, 0.1) is 10.8 Å². The third-order valence-corrected chi connectivity index (χ3v) is 13.2. The van der Waals surface area contributed by atoms with Crippen LogP contribution >= 0.6 is 22.7 Å². The van der Waals surface area contributed by atoms with E-state index in [1.807, 2.05) is 61.0 Å². The number of benzene rings is 6. The van der Waals surface area contributed by atoms with Gasteiger partial charge in [-0.05, 0) is 106 Å². The van der Waals surface area contributed by atoms with E-state index in [0.717, 1.165) is 44.2 Å². The maximum Gasteiger partial charge on any atom is 0.233 e. The highest BCUT2D eigenvalue weighted by molar-refractivity contribution is 7.14. The third kappa shape index (κ3) is 6.78. The molecule has 0 radical (unpaired) electrons. The number of carbonyl (C=O) groups is 2. The van der Waals surface area contributed by atoms with Crippen molar-refractivity contribution in [3.05, 3.63) is 178 Å². The number of phenols is 2. The van der Waals surface area contributed by atoms with Crippen LogP contribution in [0.15, 0.2) is 144 Å². The minimum atomic E-state index is -0.690. The molecule has 0 aliphatic heterocycles. The Morgan fingerprint density at radius 3 is 1.38 bits per heavy atom. The van der Waals surface area contributed by atoms with Crippen LogP contribution in [0.4, 0.5) is 10.3 Å². The molecule has 2 aliphatic carbocycles. The van der Waals surface area contributed by atoms with Gasteiger partial charge in [0.05, 0.1) is 10.8 Å². The summed E-state index contributed by atoms with van der Waals surface area (Å²) in [6, 6.07) is 40.0. The highest BCUT2D eigenvalue weighted by Crippen LogP contribution is 2.54. The third-order valence-electron chi connectivity index (χ3n) is 11.8. The number of phenolic OH excluding ortho intramolecular Hbond substituents is 2. The number of anilines is 2. The van der Waals surface area contributed by atoms with Gasteiger partial charge >= 0.3 is 0 Å². The predicted molar refractivity (Wildman–Crippen MR) is 233 cm³/mol. The zero-order valence-corrected chi connectivity index (χ0v) is 33.5. The number of aromatic hydroxyl groups is 2. The molecule has 8 nitrogen and oxygen atoms in total. The average Bonchev–Trinajstić information content (AvgIpc) is 4.04. The van der Waals surface area contributed by atoms with Crippen LogP contribution in [-0.4, -0.2) is 32.0 Å². The number of amides is 2. The number of hydrogen-bond acceptors (Lipinski definition) is 8. The summed E-state index contributed by atoms with van der Waals surface area (Å²) in [4.78, 5) is 35.3. The van der Waals surface area contributed by atoms with Gasteiger partial charge in [-0.3, -0.25) is 9.59 Å². The van der Waals surface area contributed by atoms with E-state index >= 15 is 0 Å². The molecular weight excluding hydrogens is 761 g/mol. The van der Waals surface area contributed by atoms with E-state index < -0.39 is 10.8 Å². The molecule has 4 N–H and O–H groups in total. The predicted octanol–water partition coefficient (Wildman–Crippen LogP) is 10.7. The monoisotopic (exact) mass is 800 g/mol. The van der Waals surface area contributed by atoms with Crippen molar-refractivity contribution < 1.29 is 19.8 Å². The Labute approximate surface area is 343 Å². The van der Waals surface area contributed by atoms with Crippen molar-refractivity contribution >= 4 is 66.3 Å². The Morgan fingerprint density at radius 1 is 0.569 bits per heavy atom. The number of thiazole rings is 2. The number of hydrogen-bond donors (Lipinski definition) is 4. The quantitative estimate of drug-likeness (QED) is 0.133. The summed E-state index contributed by atoms with van der Waals surface area (Å²) >= 11 is 2.82. The number of fused-ring (bicyclic) bond motifs is 4. The van der Waals surface area contributed by atoms with E-state index in [9.17, 15) is 19.8 Å². The maximum absolute atomic E-state index is 13.4. The van der Waals surface area contributed by atoms with E-state index in [1.54, 1.807) is 36.7 Å². The molecule has 8 aromatic rings. The number of rotatable bonds is 6. The fourth-order valence-electron chi connectivity index (χ4n) is 9.05. The number of nitrogens with one attached hydrogen (secondary N) is 2. The van der Waals surface area contributed by atoms with Gasteiger partial charge in [0.15, 0.2) is 10.3 Å². The molecule has 2 aliphatic rings. The number of carbonyl (C=O) groups excluding carboxylic acids is 2. The summed E-state index contributed by atoms with van der Waals surface area (Å²) in [6.07, 6.45) is 4.59. The van der Waals surface area contributed by atoms with Crippen molar-refractivity contribution in [3.63, 3.8) is 0 Å². The van der Waals surface area contributed by atoms with Crippen LogP contribution in [0.5, 0.6) is 11.5 Å². The zero-order chi connectivity index (χ0) is 40.0. The Balaban J connectivity index is 0.000000150. The fourth-order valence-corrected chi connectivity index (χ4v) is 10.1. The Bertz CT molecular complexity index is 2630. The van der Waals surface area contributed by atoms with Crippen LogP contribution in [0.3, 0.4) is 0 Å². The first kappa shape index (κ1) is 37.2. The molecule has 4 atom stereocenters. The van der Waals surface area contributed by atoms with Gasteiger partial charge in [-0.15, -0.1) is 22.7 Å². The standard InChI is InChI=1S/2C24H20N2O2S/c2*1-24(22(28)26-23-25-10-11-29-23)14-18-8-9-19(27)13-20(18)21(24)17-7-6-15-4-2-3-5-16(15)12-17/h2*2-13,21,27H,14H2,1H3,(H,25,26,28)/t21-,24+;21-,24-/m00/s1. The van der Waals surface area contributed by atoms with Crippen molar-refractivity contribution in [2.45, 2.75) is 38.5 Å². The van der Waals surface area contributed by atoms with Crippen molar-refractivity contribution in [1.29, 1.82) is 0 Å². The molecule has 10 heteroatoms. The Morgan fingerprint density at radius 2 is 0.983 bits per heavy atom. The Kier molecular flexibility index (Phi) is 9.54. The largest absolute Gasteiger partial charge is 0.508 e. The zero-order valence-electron chi connectivity index (χ0n) is 31.8. The van der Waals surface area contributed by atoms with Gasteiger partial charge in [0.25, 0.3) is 0 Å². The van der Waals surface area contributed by atoms with Gasteiger partial charge in [0.1, 0.15) is 11.5 Å². The van der Waals surface area contributed by atoms with Gasteiger partial charge in [-0.2, -0.15) is 0 Å². The smallest absolute Gasteiger partial charge is 0.233 e. The fraction of sp³-hybridized carbons (Fsp3) is 0.167. The molecule has 288 valence electrons. The molecule has 0 saturated heterocycles. The lowest BCUT2D eigenvalue weighted by atomic mass is 9.73.